The highest BCUT2D eigenvalue weighted by Crippen LogP contribution is 2.37. The van der Waals surface area contributed by atoms with Gasteiger partial charge in [0.05, 0.1) is 0 Å². The summed E-state index contributed by atoms with van der Waals surface area (Å²) < 4.78 is 0. The first-order chi connectivity index (χ1) is 8.76. The van der Waals surface area contributed by atoms with Crippen LogP contribution in [0.15, 0.2) is 24.3 Å². The summed E-state index contributed by atoms with van der Waals surface area (Å²) in [6, 6.07) is 9.31. The van der Waals surface area contributed by atoms with Crippen molar-refractivity contribution in [2.75, 3.05) is 0 Å². The van der Waals surface area contributed by atoms with E-state index in [4.69, 9.17) is 5.84 Å². The zero-order chi connectivity index (χ0) is 13.0. The summed E-state index contributed by atoms with van der Waals surface area (Å²) in [4.78, 5) is 0. The van der Waals surface area contributed by atoms with E-state index in [1.165, 1.54) is 43.2 Å². The lowest BCUT2D eigenvalue weighted by Crippen LogP contribution is -2.32. The van der Waals surface area contributed by atoms with E-state index in [0.717, 1.165) is 5.92 Å². The van der Waals surface area contributed by atoms with Gasteiger partial charge in [-0.3, -0.25) is 11.3 Å². The van der Waals surface area contributed by atoms with Gasteiger partial charge in [-0.15, -0.1) is 0 Å². The third-order valence-corrected chi connectivity index (χ3v) is 4.34. The number of nitrogens with two attached hydrogens (primary N) is 1. The highest BCUT2D eigenvalue weighted by atomic mass is 15.2. The molecule has 2 unspecified atom stereocenters. The van der Waals surface area contributed by atoms with Gasteiger partial charge in [-0.1, -0.05) is 51.0 Å². The molecule has 0 amide bonds. The van der Waals surface area contributed by atoms with Crippen molar-refractivity contribution in [2.24, 2.45) is 11.8 Å². The largest absolute Gasteiger partial charge is 0.271 e. The maximum absolute atomic E-state index is 5.76. The van der Waals surface area contributed by atoms with Crippen LogP contribution in [0.25, 0.3) is 0 Å². The van der Waals surface area contributed by atoms with E-state index in [1.54, 1.807) is 0 Å². The molecule has 0 bridgehead atoms. The molecule has 1 saturated carbocycles. The average molecular weight is 246 g/mol. The SMILES string of the molecule is CCCC(C)C(NN)c1cccc(C2CCC2)c1. The predicted molar refractivity (Wildman–Crippen MR) is 77.2 cm³/mol. The second-order valence-electron chi connectivity index (χ2n) is 5.71. The van der Waals surface area contributed by atoms with Crippen molar-refractivity contribution in [2.45, 2.75) is 57.9 Å². The predicted octanol–water partition coefficient (Wildman–Crippen LogP) is 3.89. The normalized spacial score (nSPS) is 19.3. The van der Waals surface area contributed by atoms with Gasteiger partial charge in [0.2, 0.25) is 0 Å². The van der Waals surface area contributed by atoms with E-state index in [1.807, 2.05) is 0 Å². The summed E-state index contributed by atoms with van der Waals surface area (Å²) in [5, 5.41) is 0. The molecule has 2 rings (SSSR count). The van der Waals surface area contributed by atoms with Gasteiger partial charge in [-0.25, -0.2) is 0 Å². The maximum atomic E-state index is 5.76. The smallest absolute Gasteiger partial charge is 0.0485 e. The van der Waals surface area contributed by atoms with Crippen molar-refractivity contribution >= 4 is 0 Å². The molecule has 100 valence electrons. The van der Waals surface area contributed by atoms with Crippen LogP contribution in [-0.2, 0) is 0 Å². The fraction of sp³-hybridized carbons (Fsp3) is 0.625. The Hall–Kier alpha value is -0.860. The summed E-state index contributed by atoms with van der Waals surface area (Å²) in [6.45, 7) is 4.51. The van der Waals surface area contributed by atoms with E-state index >= 15 is 0 Å². The molecule has 2 nitrogen and oxygen atoms in total. The van der Waals surface area contributed by atoms with Gasteiger partial charge >= 0.3 is 0 Å². The van der Waals surface area contributed by atoms with E-state index in [2.05, 4.69) is 43.5 Å². The number of hydrazine groups is 1. The minimum atomic E-state index is 0.282. The molecule has 1 aromatic rings. The van der Waals surface area contributed by atoms with Crippen molar-refractivity contribution in [3.8, 4) is 0 Å². The first-order valence-electron chi connectivity index (χ1n) is 7.32. The topological polar surface area (TPSA) is 38.0 Å². The Morgan fingerprint density at radius 3 is 2.72 bits per heavy atom. The molecule has 18 heavy (non-hydrogen) atoms. The third kappa shape index (κ3) is 2.93. The monoisotopic (exact) mass is 246 g/mol. The first-order valence-corrected chi connectivity index (χ1v) is 7.32. The third-order valence-electron chi connectivity index (χ3n) is 4.34. The van der Waals surface area contributed by atoms with Crippen LogP contribution in [0.1, 0.15) is 69.0 Å². The van der Waals surface area contributed by atoms with Gasteiger partial charge in [-0.2, -0.15) is 0 Å². The lowest BCUT2D eigenvalue weighted by Gasteiger charge is -2.28. The van der Waals surface area contributed by atoms with Crippen molar-refractivity contribution in [3.63, 3.8) is 0 Å². The lowest BCUT2D eigenvalue weighted by atomic mass is 9.79. The summed E-state index contributed by atoms with van der Waals surface area (Å²) in [7, 11) is 0. The number of benzene rings is 1. The second kappa shape index (κ2) is 6.35. The zero-order valence-corrected chi connectivity index (χ0v) is 11.7. The molecular formula is C16H26N2. The van der Waals surface area contributed by atoms with Crippen molar-refractivity contribution < 1.29 is 0 Å². The van der Waals surface area contributed by atoms with E-state index in [0.29, 0.717) is 5.92 Å². The Morgan fingerprint density at radius 1 is 1.39 bits per heavy atom. The van der Waals surface area contributed by atoms with E-state index in [9.17, 15) is 0 Å². The number of hydrogen-bond donors (Lipinski definition) is 2. The Bertz CT molecular complexity index is 371. The quantitative estimate of drug-likeness (QED) is 0.590. The molecule has 1 aromatic carbocycles. The Labute approximate surface area is 111 Å². The molecular weight excluding hydrogens is 220 g/mol. The van der Waals surface area contributed by atoms with Crippen LogP contribution in [0.3, 0.4) is 0 Å². The minimum absolute atomic E-state index is 0.282. The van der Waals surface area contributed by atoms with Crippen LogP contribution in [0.5, 0.6) is 0 Å². The van der Waals surface area contributed by atoms with Crippen LogP contribution in [0, 0.1) is 5.92 Å². The van der Waals surface area contributed by atoms with E-state index < -0.39 is 0 Å². The van der Waals surface area contributed by atoms with Crippen LogP contribution >= 0.6 is 0 Å². The molecule has 0 radical (unpaired) electrons. The van der Waals surface area contributed by atoms with Crippen molar-refractivity contribution in [3.05, 3.63) is 35.4 Å². The van der Waals surface area contributed by atoms with Crippen LogP contribution in [0.2, 0.25) is 0 Å². The summed E-state index contributed by atoms with van der Waals surface area (Å²) in [5.41, 5.74) is 5.86. The van der Waals surface area contributed by atoms with Gasteiger partial charge in [0.15, 0.2) is 0 Å². The fourth-order valence-corrected chi connectivity index (χ4v) is 2.96. The zero-order valence-electron chi connectivity index (χ0n) is 11.7. The second-order valence-corrected chi connectivity index (χ2v) is 5.71. The molecule has 2 atom stereocenters. The van der Waals surface area contributed by atoms with Gasteiger partial charge in [0.25, 0.3) is 0 Å². The standard InChI is InChI=1S/C16H26N2/c1-3-6-12(2)16(18-17)15-10-5-9-14(11-15)13-7-4-8-13/h5,9-13,16,18H,3-4,6-8,17H2,1-2H3. The number of rotatable bonds is 6. The molecule has 2 heteroatoms. The van der Waals surface area contributed by atoms with Crippen molar-refractivity contribution in [1.82, 2.24) is 5.43 Å². The van der Waals surface area contributed by atoms with Gasteiger partial charge in [0.1, 0.15) is 0 Å². The Morgan fingerprint density at radius 2 is 2.17 bits per heavy atom. The molecule has 0 heterocycles. The molecule has 0 aromatic heterocycles. The lowest BCUT2D eigenvalue weighted by molar-refractivity contribution is 0.366. The summed E-state index contributed by atoms with van der Waals surface area (Å²) in [6.07, 6.45) is 6.52. The molecule has 0 saturated heterocycles. The first kappa shape index (κ1) is 13.6. The highest BCUT2D eigenvalue weighted by Gasteiger charge is 2.22. The molecule has 0 aliphatic heterocycles. The Balaban J connectivity index is 2.14. The molecule has 1 fully saturated rings. The highest BCUT2D eigenvalue weighted by molar-refractivity contribution is 5.30. The summed E-state index contributed by atoms with van der Waals surface area (Å²) in [5.74, 6) is 7.14. The molecule has 3 N–H and O–H groups in total. The molecule has 0 spiro atoms. The van der Waals surface area contributed by atoms with Crippen molar-refractivity contribution in [1.29, 1.82) is 0 Å². The maximum Gasteiger partial charge on any atom is 0.0485 e. The van der Waals surface area contributed by atoms with Crippen LogP contribution < -0.4 is 11.3 Å². The fourth-order valence-electron chi connectivity index (χ4n) is 2.96. The van der Waals surface area contributed by atoms with Gasteiger partial charge in [-0.05, 0) is 42.2 Å². The Kier molecular flexibility index (Phi) is 4.79. The van der Waals surface area contributed by atoms with Crippen LogP contribution in [-0.4, -0.2) is 0 Å². The number of hydrogen-bond acceptors (Lipinski definition) is 2. The van der Waals surface area contributed by atoms with Gasteiger partial charge in [0, 0.05) is 6.04 Å². The van der Waals surface area contributed by atoms with E-state index in [-0.39, 0.29) is 6.04 Å². The van der Waals surface area contributed by atoms with Gasteiger partial charge < -0.3 is 0 Å². The minimum Gasteiger partial charge on any atom is -0.271 e. The van der Waals surface area contributed by atoms with Crippen LogP contribution in [0.4, 0.5) is 0 Å². The number of nitrogens with one attached hydrogen (secondary N) is 1. The molecule has 1 aliphatic rings. The average Bonchev–Trinajstić information content (AvgIpc) is 2.28. The summed E-state index contributed by atoms with van der Waals surface area (Å²) >= 11 is 0. The molecule has 1 aliphatic carbocycles.